The second-order valence-corrected chi connectivity index (χ2v) is 7.01. The van der Waals surface area contributed by atoms with Gasteiger partial charge in [0.15, 0.2) is 0 Å². The van der Waals surface area contributed by atoms with Crippen LogP contribution in [-0.2, 0) is 22.5 Å². The number of nitrogens with one attached hydrogen (secondary N) is 2. The summed E-state index contributed by atoms with van der Waals surface area (Å²) in [6, 6.07) is 6.49. The van der Waals surface area contributed by atoms with Crippen LogP contribution in [0.25, 0.3) is 16.7 Å². The first kappa shape index (κ1) is 18.6. The van der Waals surface area contributed by atoms with Crippen LogP contribution < -0.4 is 16.8 Å². The molecule has 1 aromatic carbocycles. The molecule has 4 rings (SSSR count). The first-order chi connectivity index (χ1) is 13.7. The zero-order valence-electron chi connectivity index (χ0n) is 15.7. The number of morpholine rings is 1. The average Bonchev–Trinajstić information content (AvgIpc) is 2.75. The molecular weight excluding hydrogens is 354 g/mol. The molecule has 1 saturated heterocycles. The second-order valence-electron chi connectivity index (χ2n) is 7.01. The van der Waals surface area contributed by atoms with Crippen molar-refractivity contribution in [3.05, 3.63) is 52.8 Å². The van der Waals surface area contributed by atoms with E-state index in [0.29, 0.717) is 30.2 Å². The van der Waals surface area contributed by atoms with Gasteiger partial charge >= 0.3 is 0 Å². The normalized spacial score (nSPS) is 19.9. The number of allylic oxidation sites excluding steroid dienone is 1. The van der Waals surface area contributed by atoms with Gasteiger partial charge in [-0.1, -0.05) is 6.07 Å². The van der Waals surface area contributed by atoms with Crippen LogP contribution in [0.1, 0.15) is 28.3 Å². The lowest BCUT2D eigenvalue weighted by Crippen LogP contribution is -2.35. The minimum Gasteiger partial charge on any atom is -0.404 e. The van der Waals surface area contributed by atoms with Crippen LogP contribution in [0.2, 0.25) is 0 Å². The van der Waals surface area contributed by atoms with Crippen molar-refractivity contribution in [3.8, 4) is 11.1 Å². The molecule has 1 fully saturated rings. The monoisotopic (exact) mass is 379 g/mol. The number of nitrogens with two attached hydrogens (primary N) is 2. The van der Waals surface area contributed by atoms with E-state index in [1.54, 1.807) is 6.20 Å². The number of benzene rings is 1. The minimum atomic E-state index is 0.145. The molecule has 2 aromatic rings. The van der Waals surface area contributed by atoms with Gasteiger partial charge in [0.2, 0.25) is 0 Å². The SMILES string of the molecule is N=CC(=CN)c1cc(-c2cc3c(c([C@@H]4COCCN4)c2)COCC3)cnc1N. The Labute approximate surface area is 164 Å². The van der Waals surface area contributed by atoms with Gasteiger partial charge in [0.25, 0.3) is 0 Å². The van der Waals surface area contributed by atoms with Crippen LogP contribution in [0.5, 0.6) is 0 Å². The fraction of sp³-hybridized carbons (Fsp3) is 0.333. The molecule has 146 valence electrons. The Balaban J connectivity index is 1.82. The molecule has 0 amide bonds. The summed E-state index contributed by atoms with van der Waals surface area (Å²) in [7, 11) is 0. The molecule has 6 N–H and O–H groups in total. The Morgan fingerprint density at radius 3 is 2.86 bits per heavy atom. The van der Waals surface area contributed by atoms with Crippen LogP contribution in [-0.4, -0.2) is 37.6 Å². The molecule has 28 heavy (non-hydrogen) atoms. The molecule has 1 aromatic heterocycles. The maximum absolute atomic E-state index is 7.57. The van der Waals surface area contributed by atoms with E-state index in [1.807, 2.05) is 6.07 Å². The molecule has 0 radical (unpaired) electrons. The molecule has 2 aliphatic rings. The first-order valence-corrected chi connectivity index (χ1v) is 9.44. The van der Waals surface area contributed by atoms with Crippen LogP contribution in [0.15, 0.2) is 30.6 Å². The summed E-state index contributed by atoms with van der Waals surface area (Å²) in [4.78, 5) is 4.34. The quantitative estimate of drug-likeness (QED) is 0.604. The second kappa shape index (κ2) is 8.10. The molecule has 0 saturated carbocycles. The summed E-state index contributed by atoms with van der Waals surface area (Å²) in [6.45, 7) is 3.57. The summed E-state index contributed by atoms with van der Waals surface area (Å²) < 4.78 is 11.4. The molecule has 7 nitrogen and oxygen atoms in total. The standard InChI is InChI=1S/C21H25N5O2/c22-8-16(9-23)17-7-15(10-26-21(17)24)14-5-13-1-3-27-11-19(13)18(6-14)20-12-28-4-2-25-20/h5-10,20,22,25H,1-4,11-12,23H2,(H2,24,26)/t20-/m0/s1. The van der Waals surface area contributed by atoms with Crippen LogP contribution in [0.4, 0.5) is 5.82 Å². The highest BCUT2D eigenvalue weighted by Crippen LogP contribution is 2.34. The molecule has 0 spiro atoms. The number of nitrogens with zero attached hydrogens (tertiary/aromatic N) is 1. The lowest BCUT2D eigenvalue weighted by molar-refractivity contribution is 0.0736. The predicted molar refractivity (Wildman–Crippen MR) is 110 cm³/mol. The van der Waals surface area contributed by atoms with Gasteiger partial charge in [0.05, 0.1) is 32.5 Å². The van der Waals surface area contributed by atoms with E-state index < -0.39 is 0 Å². The highest BCUT2D eigenvalue weighted by Gasteiger charge is 2.23. The number of fused-ring (bicyclic) bond motifs is 1. The number of anilines is 1. The highest BCUT2D eigenvalue weighted by molar-refractivity contribution is 6.10. The summed E-state index contributed by atoms with van der Waals surface area (Å²) in [5, 5.41) is 11.1. The smallest absolute Gasteiger partial charge is 0.131 e. The molecule has 1 atom stereocenters. The minimum absolute atomic E-state index is 0.145. The van der Waals surface area contributed by atoms with E-state index in [9.17, 15) is 0 Å². The van der Waals surface area contributed by atoms with Crippen LogP contribution in [0.3, 0.4) is 0 Å². The van der Waals surface area contributed by atoms with Crippen molar-refractivity contribution in [2.45, 2.75) is 19.1 Å². The Bertz CT molecular complexity index is 919. The van der Waals surface area contributed by atoms with E-state index in [4.69, 9.17) is 26.4 Å². The Kier molecular flexibility index (Phi) is 5.38. The third kappa shape index (κ3) is 3.52. The van der Waals surface area contributed by atoms with E-state index in [2.05, 4.69) is 22.4 Å². The lowest BCUT2D eigenvalue weighted by atomic mass is 9.88. The highest BCUT2D eigenvalue weighted by atomic mass is 16.5. The van der Waals surface area contributed by atoms with Crippen molar-refractivity contribution in [1.29, 1.82) is 5.41 Å². The third-order valence-corrected chi connectivity index (χ3v) is 5.33. The van der Waals surface area contributed by atoms with Gasteiger partial charge in [-0.05, 0) is 40.8 Å². The maximum Gasteiger partial charge on any atom is 0.131 e. The van der Waals surface area contributed by atoms with E-state index in [0.717, 1.165) is 37.3 Å². The van der Waals surface area contributed by atoms with Crippen molar-refractivity contribution in [2.24, 2.45) is 5.73 Å². The van der Waals surface area contributed by atoms with Crippen molar-refractivity contribution in [1.82, 2.24) is 10.3 Å². The number of hydrogen-bond acceptors (Lipinski definition) is 7. The summed E-state index contributed by atoms with van der Waals surface area (Å²) in [5.74, 6) is 0.359. The van der Waals surface area contributed by atoms with Crippen molar-refractivity contribution >= 4 is 17.6 Å². The van der Waals surface area contributed by atoms with Gasteiger partial charge in [0, 0.05) is 41.9 Å². The molecule has 0 bridgehead atoms. The topological polar surface area (TPSA) is 119 Å². The molecule has 3 heterocycles. The number of hydrogen-bond donors (Lipinski definition) is 4. The van der Waals surface area contributed by atoms with Crippen molar-refractivity contribution < 1.29 is 9.47 Å². The Morgan fingerprint density at radius 2 is 2.11 bits per heavy atom. The van der Waals surface area contributed by atoms with Gasteiger partial charge in [-0.25, -0.2) is 4.98 Å². The fourth-order valence-electron chi connectivity index (χ4n) is 3.83. The first-order valence-electron chi connectivity index (χ1n) is 9.44. The summed E-state index contributed by atoms with van der Waals surface area (Å²) in [6.07, 6.45) is 5.22. The predicted octanol–water partition coefficient (Wildman–Crippen LogP) is 2.01. The van der Waals surface area contributed by atoms with Gasteiger partial charge < -0.3 is 31.7 Å². The fourth-order valence-corrected chi connectivity index (χ4v) is 3.83. The Morgan fingerprint density at radius 1 is 1.21 bits per heavy atom. The van der Waals surface area contributed by atoms with E-state index in [1.165, 1.54) is 29.1 Å². The Hall–Kier alpha value is -2.74. The van der Waals surface area contributed by atoms with Gasteiger partial charge in [-0.3, -0.25) is 0 Å². The van der Waals surface area contributed by atoms with E-state index >= 15 is 0 Å². The number of pyridine rings is 1. The number of aromatic nitrogens is 1. The number of rotatable bonds is 4. The zero-order valence-corrected chi connectivity index (χ0v) is 15.7. The van der Waals surface area contributed by atoms with E-state index in [-0.39, 0.29) is 6.04 Å². The molecular formula is C21H25N5O2. The largest absolute Gasteiger partial charge is 0.404 e. The number of nitrogen functional groups attached to an aromatic ring is 1. The molecule has 2 aliphatic heterocycles. The molecule has 0 unspecified atom stereocenters. The summed E-state index contributed by atoms with van der Waals surface area (Å²) >= 11 is 0. The van der Waals surface area contributed by atoms with Crippen LogP contribution in [0, 0.1) is 5.41 Å². The molecule has 0 aliphatic carbocycles. The lowest BCUT2D eigenvalue weighted by Gasteiger charge is -2.29. The van der Waals surface area contributed by atoms with Gasteiger partial charge in [-0.15, -0.1) is 0 Å². The zero-order chi connectivity index (χ0) is 19.5. The van der Waals surface area contributed by atoms with Crippen molar-refractivity contribution in [2.75, 3.05) is 32.1 Å². The number of ether oxygens (including phenoxy) is 2. The van der Waals surface area contributed by atoms with Crippen LogP contribution >= 0.6 is 0 Å². The maximum atomic E-state index is 7.57. The van der Waals surface area contributed by atoms with Gasteiger partial charge in [0.1, 0.15) is 5.82 Å². The van der Waals surface area contributed by atoms with Crippen molar-refractivity contribution in [3.63, 3.8) is 0 Å². The van der Waals surface area contributed by atoms with Gasteiger partial charge in [-0.2, -0.15) is 0 Å². The third-order valence-electron chi connectivity index (χ3n) is 5.33. The average molecular weight is 379 g/mol. The molecule has 7 heteroatoms. The summed E-state index contributed by atoms with van der Waals surface area (Å²) in [5.41, 5.74) is 18.7.